The van der Waals surface area contributed by atoms with Crippen molar-refractivity contribution in [1.29, 1.82) is 0 Å². The Balaban J connectivity index is 2.48. The van der Waals surface area contributed by atoms with E-state index in [-0.39, 0.29) is 0 Å². The number of alkyl halides is 3. The molecule has 1 aromatic rings. The lowest BCUT2D eigenvalue weighted by atomic mass is 10.2. The van der Waals surface area contributed by atoms with Gasteiger partial charge in [0.05, 0.1) is 5.75 Å². The summed E-state index contributed by atoms with van der Waals surface area (Å²) in [6.07, 6.45) is -4.57. The maximum Gasteiger partial charge on any atom is 0.413 e. The van der Waals surface area contributed by atoms with Gasteiger partial charge in [0.15, 0.2) is 6.61 Å². The molecule has 0 aliphatic heterocycles. The van der Waals surface area contributed by atoms with Gasteiger partial charge >= 0.3 is 6.18 Å². The van der Waals surface area contributed by atoms with E-state index in [9.17, 15) is 21.6 Å². The first-order valence-corrected chi connectivity index (χ1v) is 6.16. The van der Waals surface area contributed by atoms with Gasteiger partial charge in [-0.1, -0.05) is 35.2 Å². The van der Waals surface area contributed by atoms with E-state index in [0.717, 1.165) is 0 Å². The zero-order chi connectivity index (χ0) is 12.9. The molecular weight excluding hydrogens is 259 g/mol. The SMILES string of the molecule is O=S(=O)(Cc1ccccc1)NOCC(F)(F)F. The second-order valence-electron chi connectivity index (χ2n) is 3.23. The first-order chi connectivity index (χ1) is 7.79. The zero-order valence-corrected chi connectivity index (χ0v) is 9.38. The maximum absolute atomic E-state index is 11.7. The third-order valence-electron chi connectivity index (χ3n) is 1.62. The smallest absolute Gasteiger partial charge is 0.278 e. The summed E-state index contributed by atoms with van der Waals surface area (Å²) < 4.78 is 57.7. The molecule has 0 bridgehead atoms. The molecule has 0 fully saturated rings. The third kappa shape index (κ3) is 6.25. The van der Waals surface area contributed by atoms with Crippen LogP contribution in [0.1, 0.15) is 5.56 Å². The van der Waals surface area contributed by atoms with Crippen molar-refractivity contribution in [2.45, 2.75) is 11.9 Å². The van der Waals surface area contributed by atoms with Crippen LogP contribution in [0.25, 0.3) is 0 Å². The Hall–Kier alpha value is -1.12. The van der Waals surface area contributed by atoms with E-state index in [4.69, 9.17) is 0 Å². The van der Waals surface area contributed by atoms with Gasteiger partial charge in [-0.25, -0.2) is 8.42 Å². The van der Waals surface area contributed by atoms with Gasteiger partial charge in [-0.15, -0.1) is 0 Å². The zero-order valence-electron chi connectivity index (χ0n) is 8.57. The summed E-state index contributed by atoms with van der Waals surface area (Å²) in [6, 6.07) is 8.04. The van der Waals surface area contributed by atoms with Crippen LogP contribution < -0.4 is 4.89 Å². The maximum atomic E-state index is 11.7. The van der Waals surface area contributed by atoms with Gasteiger partial charge in [-0.2, -0.15) is 13.2 Å². The fourth-order valence-electron chi connectivity index (χ4n) is 1.02. The van der Waals surface area contributed by atoms with Gasteiger partial charge in [0, 0.05) is 0 Å². The standard InChI is InChI=1S/C9H10F3NO3S/c10-9(11,12)7-16-13-17(14,15)6-8-4-2-1-3-5-8/h1-5,13H,6-7H2. The predicted molar refractivity (Wildman–Crippen MR) is 54.2 cm³/mol. The highest BCUT2D eigenvalue weighted by Crippen LogP contribution is 2.14. The first kappa shape index (κ1) is 13.9. The number of nitrogens with one attached hydrogen (secondary N) is 1. The fourth-order valence-corrected chi connectivity index (χ4v) is 1.95. The summed E-state index contributed by atoms with van der Waals surface area (Å²) in [5, 5.41) is 0. The van der Waals surface area contributed by atoms with E-state index in [1.165, 1.54) is 4.89 Å². The van der Waals surface area contributed by atoms with Crippen LogP contribution in [0, 0.1) is 0 Å². The molecule has 0 aromatic heterocycles. The van der Waals surface area contributed by atoms with Crippen LogP contribution >= 0.6 is 0 Å². The van der Waals surface area contributed by atoms with Gasteiger partial charge in [0.1, 0.15) is 0 Å². The molecule has 0 unspecified atom stereocenters. The van der Waals surface area contributed by atoms with Crippen LogP contribution in [0.2, 0.25) is 0 Å². The summed E-state index contributed by atoms with van der Waals surface area (Å²) in [6.45, 7) is -1.67. The van der Waals surface area contributed by atoms with Crippen molar-refractivity contribution in [3.8, 4) is 0 Å². The highest BCUT2D eigenvalue weighted by molar-refractivity contribution is 7.88. The highest BCUT2D eigenvalue weighted by atomic mass is 32.2. The van der Waals surface area contributed by atoms with E-state index >= 15 is 0 Å². The Kier molecular flexibility index (Phi) is 4.49. The largest absolute Gasteiger partial charge is 0.413 e. The third-order valence-corrected chi connectivity index (χ3v) is 2.71. The van der Waals surface area contributed by atoms with Crippen LogP contribution in [0.3, 0.4) is 0 Å². The Bertz CT molecular complexity index is 444. The molecule has 17 heavy (non-hydrogen) atoms. The lowest BCUT2D eigenvalue weighted by Crippen LogP contribution is -2.30. The molecule has 1 rings (SSSR count). The van der Waals surface area contributed by atoms with E-state index in [0.29, 0.717) is 5.56 Å². The topological polar surface area (TPSA) is 55.4 Å². The molecule has 0 saturated heterocycles. The molecule has 0 saturated carbocycles. The van der Waals surface area contributed by atoms with Crippen molar-refractivity contribution in [2.75, 3.05) is 6.61 Å². The summed E-state index contributed by atoms with van der Waals surface area (Å²) >= 11 is 0. The summed E-state index contributed by atoms with van der Waals surface area (Å²) in [5.74, 6) is -0.439. The summed E-state index contributed by atoms with van der Waals surface area (Å²) in [7, 11) is -3.93. The van der Waals surface area contributed by atoms with Crippen molar-refractivity contribution in [3.05, 3.63) is 35.9 Å². The van der Waals surface area contributed by atoms with Crippen LogP contribution in [-0.4, -0.2) is 21.2 Å². The highest BCUT2D eigenvalue weighted by Gasteiger charge is 2.28. The minimum Gasteiger partial charge on any atom is -0.278 e. The lowest BCUT2D eigenvalue weighted by Gasteiger charge is -2.09. The number of halogens is 3. The van der Waals surface area contributed by atoms with Crippen LogP contribution in [0.5, 0.6) is 0 Å². The molecule has 1 N–H and O–H groups in total. The molecule has 1 aromatic carbocycles. The molecule has 0 heterocycles. The van der Waals surface area contributed by atoms with Crippen molar-refractivity contribution in [1.82, 2.24) is 4.89 Å². The van der Waals surface area contributed by atoms with Gasteiger partial charge in [0.25, 0.3) is 0 Å². The quantitative estimate of drug-likeness (QED) is 0.826. The summed E-state index contributed by atoms with van der Waals surface area (Å²) in [4.78, 5) is 5.29. The summed E-state index contributed by atoms with van der Waals surface area (Å²) in [5.41, 5.74) is 0.454. The first-order valence-electron chi connectivity index (χ1n) is 4.50. The van der Waals surface area contributed by atoms with Crippen LogP contribution in [0.4, 0.5) is 13.2 Å². The van der Waals surface area contributed by atoms with Gasteiger partial charge in [0.2, 0.25) is 10.0 Å². The predicted octanol–water partition coefficient (Wildman–Crippen LogP) is 1.60. The average Bonchev–Trinajstić information content (AvgIpc) is 2.15. The van der Waals surface area contributed by atoms with Crippen LogP contribution in [0.15, 0.2) is 30.3 Å². The molecule has 4 nitrogen and oxygen atoms in total. The molecule has 8 heteroatoms. The molecule has 0 aliphatic carbocycles. The van der Waals surface area contributed by atoms with Crippen LogP contribution in [-0.2, 0) is 20.6 Å². The van der Waals surface area contributed by atoms with E-state index in [2.05, 4.69) is 4.84 Å². The van der Waals surface area contributed by atoms with Crippen molar-refractivity contribution >= 4 is 10.0 Å². The average molecular weight is 269 g/mol. The Labute approximate surface area is 96.4 Å². The number of hydrogen-bond donors (Lipinski definition) is 1. The Morgan fingerprint density at radius 2 is 1.76 bits per heavy atom. The minimum atomic E-state index is -4.57. The number of hydrogen-bond acceptors (Lipinski definition) is 3. The molecule has 0 atom stereocenters. The van der Waals surface area contributed by atoms with E-state index in [1.807, 2.05) is 0 Å². The van der Waals surface area contributed by atoms with Gasteiger partial charge < -0.3 is 0 Å². The Morgan fingerprint density at radius 3 is 2.29 bits per heavy atom. The van der Waals surface area contributed by atoms with Crippen molar-refractivity contribution in [2.24, 2.45) is 0 Å². The molecular formula is C9H10F3NO3S. The van der Waals surface area contributed by atoms with E-state index < -0.39 is 28.6 Å². The minimum absolute atomic E-state index is 0.439. The van der Waals surface area contributed by atoms with Crippen molar-refractivity contribution in [3.63, 3.8) is 0 Å². The molecule has 0 aliphatic rings. The Morgan fingerprint density at radius 1 is 1.18 bits per heavy atom. The second-order valence-corrected chi connectivity index (χ2v) is 4.92. The molecule has 0 spiro atoms. The van der Waals surface area contributed by atoms with Gasteiger partial charge in [-0.3, -0.25) is 4.84 Å². The number of benzene rings is 1. The molecule has 0 amide bonds. The fraction of sp³-hybridized carbons (Fsp3) is 0.333. The molecule has 96 valence electrons. The molecule has 0 radical (unpaired) electrons. The lowest BCUT2D eigenvalue weighted by molar-refractivity contribution is -0.181. The number of sulfonamides is 1. The van der Waals surface area contributed by atoms with Crippen molar-refractivity contribution < 1.29 is 26.4 Å². The number of rotatable bonds is 5. The van der Waals surface area contributed by atoms with Gasteiger partial charge in [-0.05, 0) is 5.56 Å². The monoisotopic (exact) mass is 269 g/mol. The second kappa shape index (κ2) is 5.48. The van der Waals surface area contributed by atoms with E-state index in [1.54, 1.807) is 30.3 Å². The normalized spacial score (nSPS) is 12.6.